The smallest absolute Gasteiger partial charge is 0.318 e. The number of hydrogen-bond donors (Lipinski definition) is 1. The highest BCUT2D eigenvalue weighted by atomic mass is 32.1. The van der Waals surface area contributed by atoms with Crippen molar-refractivity contribution in [1.82, 2.24) is 15.1 Å². The van der Waals surface area contributed by atoms with Gasteiger partial charge in [-0.1, -0.05) is 12.1 Å². The van der Waals surface area contributed by atoms with Gasteiger partial charge in [-0.25, -0.2) is 4.79 Å². The monoisotopic (exact) mass is 595 g/mol. The van der Waals surface area contributed by atoms with Gasteiger partial charge in [0.25, 0.3) is 0 Å². The molecule has 1 aromatic heterocycles. The minimum absolute atomic E-state index is 0.0163. The highest BCUT2D eigenvalue weighted by molar-refractivity contribution is 7.09. The average Bonchev–Trinajstić information content (AvgIpc) is 3.68. The molecule has 1 saturated heterocycles. The summed E-state index contributed by atoms with van der Waals surface area (Å²) in [5, 5.41) is 5.54. The van der Waals surface area contributed by atoms with E-state index in [0.717, 1.165) is 66.9 Å². The van der Waals surface area contributed by atoms with Crippen LogP contribution >= 0.6 is 11.3 Å². The summed E-state index contributed by atoms with van der Waals surface area (Å²) in [6.45, 7) is 2.28. The lowest BCUT2D eigenvalue weighted by Crippen LogP contribution is -2.62. The standard InChI is InChI=1S/C33H45N3O5S/c1-39-29-8-7-23(16-30(29)40-2)9-10-35(21-28-6-4-12-42-28)31(37)22-36(20-27-5-3-11-41-27)32(38)34-33-17-24-13-25(18-33)15-26(14-24)19-33/h4,6-8,12,16,24-27H,3,5,9-11,13-15,17-22H2,1-2H3,(H,34,38). The number of nitrogens with zero attached hydrogens (tertiary/aromatic N) is 2. The van der Waals surface area contributed by atoms with Crippen molar-refractivity contribution in [1.29, 1.82) is 0 Å². The maximum absolute atomic E-state index is 14.0. The Balaban J connectivity index is 1.16. The predicted octanol–water partition coefficient (Wildman–Crippen LogP) is 5.50. The van der Waals surface area contributed by atoms with Crippen molar-refractivity contribution in [3.05, 3.63) is 46.2 Å². The Hall–Kier alpha value is -2.78. The van der Waals surface area contributed by atoms with E-state index >= 15 is 0 Å². The van der Waals surface area contributed by atoms with E-state index in [2.05, 4.69) is 11.4 Å². The topological polar surface area (TPSA) is 80.3 Å². The van der Waals surface area contributed by atoms with Gasteiger partial charge in [-0.3, -0.25) is 4.79 Å². The summed E-state index contributed by atoms with van der Waals surface area (Å²) in [4.78, 5) is 32.7. The molecule has 7 rings (SSSR count). The number of carbonyl (C=O) groups is 2. The minimum Gasteiger partial charge on any atom is -0.493 e. The number of urea groups is 1. The Bertz CT molecular complexity index is 1190. The SMILES string of the molecule is COc1ccc(CCN(Cc2cccs2)C(=O)CN(CC2CCCO2)C(=O)NC23CC4CC(CC(C4)C2)C3)cc1OC. The van der Waals surface area contributed by atoms with Crippen LogP contribution in [0, 0.1) is 17.8 Å². The molecule has 228 valence electrons. The summed E-state index contributed by atoms with van der Waals surface area (Å²) in [6, 6.07) is 9.85. The van der Waals surface area contributed by atoms with Crippen LogP contribution in [-0.4, -0.2) is 73.8 Å². The van der Waals surface area contributed by atoms with Gasteiger partial charge in [0, 0.05) is 30.1 Å². The fraction of sp³-hybridized carbons (Fsp3) is 0.636. The molecule has 5 fully saturated rings. The molecule has 1 N–H and O–H groups in total. The lowest BCUT2D eigenvalue weighted by Gasteiger charge is -2.57. The maximum atomic E-state index is 14.0. The van der Waals surface area contributed by atoms with Gasteiger partial charge in [-0.2, -0.15) is 0 Å². The van der Waals surface area contributed by atoms with E-state index in [4.69, 9.17) is 14.2 Å². The summed E-state index contributed by atoms with van der Waals surface area (Å²) < 4.78 is 16.8. The summed E-state index contributed by atoms with van der Waals surface area (Å²) in [5.41, 5.74) is 0.959. The van der Waals surface area contributed by atoms with Crippen LogP contribution in [0.5, 0.6) is 11.5 Å². The van der Waals surface area contributed by atoms with Gasteiger partial charge in [-0.05, 0) is 105 Å². The van der Waals surface area contributed by atoms with Crippen LogP contribution in [0.2, 0.25) is 0 Å². The third-order valence-corrected chi connectivity index (χ3v) is 10.7. The van der Waals surface area contributed by atoms with Gasteiger partial charge < -0.3 is 29.3 Å². The molecule has 1 atom stereocenters. The Kier molecular flexibility index (Phi) is 8.96. The molecule has 0 radical (unpaired) electrons. The molecular weight excluding hydrogens is 550 g/mol. The highest BCUT2D eigenvalue weighted by Gasteiger charge is 2.52. The number of rotatable bonds is 12. The van der Waals surface area contributed by atoms with E-state index < -0.39 is 0 Å². The van der Waals surface area contributed by atoms with Crippen molar-refractivity contribution in [3.8, 4) is 11.5 Å². The normalized spacial score (nSPS) is 27.6. The van der Waals surface area contributed by atoms with Gasteiger partial charge in [0.05, 0.1) is 26.9 Å². The van der Waals surface area contributed by atoms with Gasteiger partial charge in [0.2, 0.25) is 5.91 Å². The van der Waals surface area contributed by atoms with E-state index in [-0.39, 0.29) is 30.1 Å². The summed E-state index contributed by atoms with van der Waals surface area (Å²) in [7, 11) is 3.26. The largest absolute Gasteiger partial charge is 0.493 e. The molecule has 4 aliphatic carbocycles. The first-order valence-corrected chi connectivity index (χ1v) is 16.5. The summed E-state index contributed by atoms with van der Waals surface area (Å²) >= 11 is 1.65. The minimum atomic E-state index is -0.103. The number of nitrogens with one attached hydrogen (secondary N) is 1. The third-order valence-electron chi connectivity index (χ3n) is 9.87. The Morgan fingerprint density at radius 3 is 2.38 bits per heavy atom. The predicted molar refractivity (Wildman–Crippen MR) is 163 cm³/mol. The fourth-order valence-corrected chi connectivity index (χ4v) is 8.99. The summed E-state index contributed by atoms with van der Waals surface area (Å²) in [6.07, 6.45) is 9.81. The lowest BCUT2D eigenvalue weighted by molar-refractivity contribution is -0.132. The van der Waals surface area contributed by atoms with Crippen molar-refractivity contribution in [2.24, 2.45) is 17.8 Å². The first-order chi connectivity index (χ1) is 20.4. The number of ether oxygens (including phenoxy) is 3. The highest BCUT2D eigenvalue weighted by Crippen LogP contribution is 2.55. The Morgan fingerprint density at radius 1 is 1.02 bits per heavy atom. The zero-order valence-corrected chi connectivity index (χ0v) is 25.8. The van der Waals surface area contributed by atoms with Crippen molar-refractivity contribution in [3.63, 3.8) is 0 Å². The van der Waals surface area contributed by atoms with E-state index in [1.54, 1.807) is 30.5 Å². The average molecular weight is 596 g/mol. The first kappa shape index (κ1) is 29.3. The van der Waals surface area contributed by atoms with Crippen LogP contribution in [0.25, 0.3) is 0 Å². The van der Waals surface area contributed by atoms with Crippen LogP contribution in [0.3, 0.4) is 0 Å². The molecule has 2 aromatic rings. The second kappa shape index (κ2) is 12.8. The molecule has 4 saturated carbocycles. The van der Waals surface area contributed by atoms with Crippen molar-refractivity contribution in [2.45, 2.75) is 76.0 Å². The van der Waals surface area contributed by atoms with Crippen molar-refractivity contribution in [2.75, 3.05) is 40.5 Å². The van der Waals surface area contributed by atoms with E-state index in [9.17, 15) is 9.59 Å². The lowest BCUT2D eigenvalue weighted by atomic mass is 9.53. The number of amides is 3. The van der Waals surface area contributed by atoms with E-state index in [1.807, 2.05) is 34.5 Å². The molecule has 8 nitrogen and oxygen atoms in total. The Labute approximate surface area is 253 Å². The van der Waals surface area contributed by atoms with Crippen LogP contribution in [0.15, 0.2) is 35.7 Å². The molecule has 1 aliphatic heterocycles. The molecule has 3 amide bonds. The second-order valence-corrected chi connectivity index (χ2v) is 14.0. The molecule has 5 aliphatic rings. The van der Waals surface area contributed by atoms with Gasteiger partial charge in [0.1, 0.15) is 6.54 Å². The van der Waals surface area contributed by atoms with Gasteiger partial charge in [0.15, 0.2) is 11.5 Å². The zero-order valence-electron chi connectivity index (χ0n) is 25.0. The molecule has 1 aromatic carbocycles. The zero-order chi connectivity index (χ0) is 29.1. The molecule has 2 heterocycles. The third kappa shape index (κ3) is 6.72. The molecule has 4 bridgehead atoms. The molecule has 1 unspecified atom stereocenters. The second-order valence-electron chi connectivity index (χ2n) is 13.0. The number of thiophene rings is 1. The van der Waals surface area contributed by atoms with E-state index in [1.165, 1.54) is 19.3 Å². The maximum Gasteiger partial charge on any atom is 0.318 e. The molecule has 9 heteroatoms. The number of methoxy groups -OCH3 is 2. The molecule has 42 heavy (non-hydrogen) atoms. The van der Waals surface area contributed by atoms with E-state index in [0.29, 0.717) is 37.6 Å². The van der Waals surface area contributed by atoms with Crippen molar-refractivity contribution < 1.29 is 23.8 Å². The van der Waals surface area contributed by atoms with Gasteiger partial charge >= 0.3 is 6.03 Å². The molecular formula is C33H45N3O5S. The quantitative estimate of drug-likeness (QED) is 0.351. The van der Waals surface area contributed by atoms with Crippen LogP contribution in [0.1, 0.15) is 61.8 Å². The van der Waals surface area contributed by atoms with Crippen LogP contribution in [0.4, 0.5) is 4.79 Å². The number of carbonyl (C=O) groups excluding carboxylic acids is 2. The first-order valence-electron chi connectivity index (χ1n) is 15.6. The molecule has 0 spiro atoms. The number of hydrogen-bond acceptors (Lipinski definition) is 6. The van der Waals surface area contributed by atoms with Gasteiger partial charge in [-0.15, -0.1) is 11.3 Å². The Morgan fingerprint density at radius 2 is 1.76 bits per heavy atom. The van der Waals surface area contributed by atoms with Crippen LogP contribution < -0.4 is 14.8 Å². The van der Waals surface area contributed by atoms with Crippen molar-refractivity contribution >= 4 is 23.3 Å². The fourth-order valence-electron chi connectivity index (χ4n) is 8.27. The summed E-state index contributed by atoms with van der Waals surface area (Å²) in [5.74, 6) is 3.54. The number of benzene rings is 1. The van der Waals surface area contributed by atoms with Crippen LogP contribution in [-0.2, 0) is 22.5 Å².